The fourth-order valence-electron chi connectivity index (χ4n) is 2.20. The predicted octanol–water partition coefficient (Wildman–Crippen LogP) is 1.95. The average Bonchev–Trinajstić information content (AvgIpc) is 3.28. The van der Waals surface area contributed by atoms with Gasteiger partial charge in [0, 0.05) is 29.9 Å². The number of hydrogen-bond donors (Lipinski definition) is 2. The van der Waals surface area contributed by atoms with Crippen LogP contribution in [0.15, 0.2) is 23.8 Å². The maximum atomic E-state index is 12.3. The zero-order chi connectivity index (χ0) is 18.1. The molecule has 0 aromatic carbocycles. The third-order valence-corrected chi connectivity index (χ3v) is 4.61. The topological polar surface area (TPSA) is 115 Å². The van der Waals surface area contributed by atoms with Gasteiger partial charge in [-0.1, -0.05) is 0 Å². The minimum atomic E-state index is -1.14. The Kier molecular flexibility index (Phi) is 4.36. The van der Waals surface area contributed by atoms with E-state index in [1.54, 1.807) is 17.8 Å². The molecule has 1 unspecified atom stereocenters. The van der Waals surface area contributed by atoms with Crippen LogP contribution in [-0.2, 0) is 11.8 Å². The average molecular weight is 360 g/mol. The summed E-state index contributed by atoms with van der Waals surface area (Å²) >= 11 is 1.31. The zero-order valence-corrected chi connectivity index (χ0v) is 14.6. The van der Waals surface area contributed by atoms with E-state index in [-0.39, 0.29) is 11.6 Å². The molecule has 0 saturated carbocycles. The summed E-state index contributed by atoms with van der Waals surface area (Å²) in [7, 11) is 1.85. The van der Waals surface area contributed by atoms with E-state index < -0.39 is 12.0 Å². The van der Waals surface area contributed by atoms with Crippen molar-refractivity contribution >= 4 is 28.3 Å². The van der Waals surface area contributed by atoms with E-state index in [0.717, 1.165) is 17.0 Å². The van der Waals surface area contributed by atoms with Gasteiger partial charge in [-0.05, 0) is 19.9 Å². The van der Waals surface area contributed by atoms with Crippen molar-refractivity contribution in [2.45, 2.75) is 19.9 Å². The molecule has 0 radical (unpaired) electrons. The summed E-state index contributed by atoms with van der Waals surface area (Å²) in [6.07, 6.45) is 3.19. The van der Waals surface area contributed by atoms with Gasteiger partial charge in [-0.3, -0.25) is 14.2 Å². The Balaban J connectivity index is 1.72. The van der Waals surface area contributed by atoms with E-state index in [1.165, 1.54) is 28.3 Å². The van der Waals surface area contributed by atoms with Crippen LogP contribution >= 0.6 is 11.3 Å². The van der Waals surface area contributed by atoms with Crippen LogP contribution in [0.25, 0.3) is 11.3 Å². The molecule has 0 aliphatic heterocycles. The van der Waals surface area contributed by atoms with Gasteiger partial charge in [-0.25, -0.2) is 9.78 Å². The molecule has 10 heteroatoms. The van der Waals surface area contributed by atoms with Gasteiger partial charge in [-0.15, -0.1) is 11.3 Å². The number of aromatic carboxylic acids is 1. The molecule has 9 nitrogen and oxygen atoms in total. The Hall–Kier alpha value is -3.01. The zero-order valence-electron chi connectivity index (χ0n) is 13.8. The molecule has 0 aliphatic carbocycles. The highest BCUT2D eigenvalue weighted by atomic mass is 32.1. The fraction of sp³-hybridized carbons (Fsp3) is 0.267. The lowest BCUT2D eigenvalue weighted by atomic mass is 10.2. The number of carboxylic acid groups (broad SMARTS) is 1. The van der Waals surface area contributed by atoms with Gasteiger partial charge >= 0.3 is 5.97 Å². The summed E-state index contributed by atoms with van der Waals surface area (Å²) in [6, 6.07) is 0.680. The van der Waals surface area contributed by atoms with Gasteiger partial charge < -0.3 is 10.4 Å². The number of carbonyl (C=O) groups is 2. The van der Waals surface area contributed by atoms with Gasteiger partial charge in [-0.2, -0.15) is 10.2 Å². The predicted molar refractivity (Wildman–Crippen MR) is 91.6 cm³/mol. The summed E-state index contributed by atoms with van der Waals surface area (Å²) in [5, 5.41) is 22.0. The van der Waals surface area contributed by atoms with Crippen molar-refractivity contribution in [2.24, 2.45) is 7.05 Å². The number of carbonyl (C=O) groups excluding carboxylic acids is 1. The van der Waals surface area contributed by atoms with E-state index in [2.05, 4.69) is 20.5 Å². The van der Waals surface area contributed by atoms with Gasteiger partial charge in [0.1, 0.15) is 6.04 Å². The highest BCUT2D eigenvalue weighted by Crippen LogP contribution is 2.27. The lowest BCUT2D eigenvalue weighted by molar-refractivity contribution is -0.119. The Bertz CT molecular complexity index is 941. The molecule has 1 amide bonds. The highest BCUT2D eigenvalue weighted by Gasteiger charge is 2.19. The maximum Gasteiger partial charge on any atom is 0.356 e. The first-order valence-corrected chi connectivity index (χ1v) is 8.28. The van der Waals surface area contributed by atoms with Crippen molar-refractivity contribution in [1.82, 2.24) is 24.5 Å². The standard InChI is InChI=1S/C15H16N6O3S/c1-8-10(6-16-20(8)3)12-7-25-15(17-12)18-13(22)9(2)21-5-4-11(19-21)14(23)24/h4-7,9H,1-3H3,(H,23,24)(H,17,18,22). The second kappa shape index (κ2) is 6.48. The number of nitrogens with zero attached hydrogens (tertiary/aromatic N) is 5. The first-order chi connectivity index (χ1) is 11.9. The molecule has 0 fully saturated rings. The van der Waals surface area contributed by atoms with Crippen molar-refractivity contribution in [3.05, 3.63) is 35.2 Å². The third-order valence-electron chi connectivity index (χ3n) is 3.85. The molecule has 1 atom stereocenters. The number of thiazole rings is 1. The van der Waals surface area contributed by atoms with Crippen LogP contribution in [-0.4, -0.2) is 41.5 Å². The van der Waals surface area contributed by atoms with Crippen LogP contribution in [0.3, 0.4) is 0 Å². The quantitative estimate of drug-likeness (QED) is 0.718. The van der Waals surface area contributed by atoms with Crippen molar-refractivity contribution in [2.75, 3.05) is 5.32 Å². The number of carboxylic acids is 1. The first-order valence-electron chi connectivity index (χ1n) is 7.40. The highest BCUT2D eigenvalue weighted by molar-refractivity contribution is 7.14. The van der Waals surface area contributed by atoms with Crippen LogP contribution in [0.4, 0.5) is 5.13 Å². The number of aryl methyl sites for hydroxylation is 1. The summed E-state index contributed by atoms with van der Waals surface area (Å²) in [6.45, 7) is 3.58. The summed E-state index contributed by atoms with van der Waals surface area (Å²) in [5.74, 6) is -1.47. The minimum Gasteiger partial charge on any atom is -0.476 e. The Morgan fingerprint density at radius 1 is 1.40 bits per heavy atom. The Labute approximate surface area is 146 Å². The first kappa shape index (κ1) is 16.8. The number of amides is 1. The second-order valence-corrected chi connectivity index (χ2v) is 6.31. The number of aromatic nitrogens is 5. The molecule has 0 saturated heterocycles. The van der Waals surface area contributed by atoms with Crippen LogP contribution < -0.4 is 5.32 Å². The van der Waals surface area contributed by atoms with Crippen molar-refractivity contribution < 1.29 is 14.7 Å². The summed E-state index contributed by atoms with van der Waals surface area (Å²) in [4.78, 5) is 27.6. The van der Waals surface area contributed by atoms with Gasteiger partial charge in [0.05, 0.1) is 11.9 Å². The van der Waals surface area contributed by atoms with Crippen molar-refractivity contribution in [1.29, 1.82) is 0 Å². The van der Waals surface area contributed by atoms with Gasteiger partial charge in [0.15, 0.2) is 10.8 Å². The normalized spacial score (nSPS) is 12.1. The molecule has 0 spiro atoms. The Morgan fingerprint density at radius 2 is 2.16 bits per heavy atom. The lowest BCUT2D eigenvalue weighted by Crippen LogP contribution is -2.24. The second-order valence-electron chi connectivity index (χ2n) is 5.46. The molecule has 3 aromatic rings. The van der Waals surface area contributed by atoms with Crippen LogP contribution in [0.1, 0.15) is 29.1 Å². The molecule has 25 heavy (non-hydrogen) atoms. The molecule has 0 aliphatic rings. The van der Waals surface area contributed by atoms with E-state index in [4.69, 9.17) is 5.11 Å². The minimum absolute atomic E-state index is 0.108. The third kappa shape index (κ3) is 3.29. The van der Waals surface area contributed by atoms with E-state index in [0.29, 0.717) is 5.13 Å². The number of anilines is 1. The van der Waals surface area contributed by atoms with Gasteiger partial charge in [0.25, 0.3) is 5.91 Å². The number of nitrogens with one attached hydrogen (secondary N) is 1. The SMILES string of the molecule is Cc1c(-c2csc(NC(=O)C(C)n3ccc(C(=O)O)n3)n2)cnn1C. The van der Waals surface area contributed by atoms with Crippen LogP contribution in [0, 0.1) is 6.92 Å². The maximum absolute atomic E-state index is 12.3. The smallest absolute Gasteiger partial charge is 0.356 e. The molecular formula is C15H16N6O3S. The van der Waals surface area contributed by atoms with E-state index >= 15 is 0 Å². The fourth-order valence-corrected chi connectivity index (χ4v) is 2.92. The molecule has 3 heterocycles. The number of rotatable bonds is 5. The van der Waals surface area contributed by atoms with Crippen molar-refractivity contribution in [3.8, 4) is 11.3 Å². The van der Waals surface area contributed by atoms with E-state index in [1.807, 2.05) is 19.4 Å². The largest absolute Gasteiger partial charge is 0.476 e. The summed E-state index contributed by atoms with van der Waals surface area (Å²) < 4.78 is 3.06. The molecule has 0 bridgehead atoms. The van der Waals surface area contributed by atoms with E-state index in [9.17, 15) is 9.59 Å². The number of hydrogen-bond acceptors (Lipinski definition) is 6. The molecule has 3 rings (SSSR count). The van der Waals surface area contributed by atoms with Crippen molar-refractivity contribution in [3.63, 3.8) is 0 Å². The molecule has 2 N–H and O–H groups in total. The van der Waals surface area contributed by atoms with Gasteiger partial charge in [0.2, 0.25) is 0 Å². The molecular weight excluding hydrogens is 344 g/mol. The molecule has 3 aromatic heterocycles. The van der Waals surface area contributed by atoms with Crippen LogP contribution in [0.5, 0.6) is 0 Å². The molecule has 130 valence electrons. The monoisotopic (exact) mass is 360 g/mol. The van der Waals surface area contributed by atoms with Crippen LogP contribution in [0.2, 0.25) is 0 Å². The lowest BCUT2D eigenvalue weighted by Gasteiger charge is -2.10. The summed E-state index contributed by atoms with van der Waals surface area (Å²) in [5.41, 5.74) is 2.52. The Morgan fingerprint density at radius 3 is 2.76 bits per heavy atom.